The zero-order valence-corrected chi connectivity index (χ0v) is 8.20. The van der Waals surface area contributed by atoms with Crippen LogP contribution >= 0.6 is 0 Å². The lowest BCUT2D eigenvalue weighted by Gasteiger charge is -2.03. The smallest absolute Gasteiger partial charge is 0.123 e. The number of aromatic nitrogens is 2. The van der Waals surface area contributed by atoms with Crippen LogP contribution in [0.3, 0.4) is 0 Å². The predicted octanol–water partition coefficient (Wildman–Crippen LogP) is 1.10. The number of rotatable bonds is 2. The molecule has 0 fully saturated rings. The van der Waals surface area contributed by atoms with Crippen molar-refractivity contribution in [1.82, 2.24) is 9.55 Å². The maximum absolute atomic E-state index is 5.73. The van der Waals surface area contributed by atoms with Crippen molar-refractivity contribution in [3.8, 4) is 0 Å². The molecule has 74 valence electrons. The highest BCUT2D eigenvalue weighted by Crippen LogP contribution is 2.18. The first-order chi connectivity index (χ1) is 6.76. The van der Waals surface area contributed by atoms with Crippen molar-refractivity contribution < 1.29 is 0 Å². The predicted molar refractivity (Wildman–Crippen MR) is 57.7 cm³/mol. The molecular formula is C10H14N4. The summed E-state index contributed by atoms with van der Waals surface area (Å²) in [6.45, 7) is 3.40. The zero-order valence-electron chi connectivity index (χ0n) is 8.20. The number of nitrogen functional groups attached to an aromatic ring is 1. The molecule has 0 aliphatic heterocycles. The molecule has 1 heterocycles. The number of fused-ring (bicyclic) bond motifs is 1. The fourth-order valence-corrected chi connectivity index (χ4v) is 1.70. The van der Waals surface area contributed by atoms with Crippen LogP contribution in [-0.4, -0.2) is 9.55 Å². The van der Waals surface area contributed by atoms with E-state index >= 15 is 0 Å². The van der Waals surface area contributed by atoms with Gasteiger partial charge in [-0.25, -0.2) is 4.98 Å². The van der Waals surface area contributed by atoms with E-state index in [0.717, 1.165) is 29.1 Å². The van der Waals surface area contributed by atoms with Crippen LogP contribution in [0.25, 0.3) is 11.0 Å². The molecule has 0 spiro atoms. The van der Waals surface area contributed by atoms with Crippen molar-refractivity contribution in [1.29, 1.82) is 0 Å². The van der Waals surface area contributed by atoms with Gasteiger partial charge in [0.25, 0.3) is 0 Å². The molecule has 1 aromatic heterocycles. The van der Waals surface area contributed by atoms with E-state index in [-0.39, 0.29) is 0 Å². The third kappa shape index (κ3) is 1.24. The van der Waals surface area contributed by atoms with E-state index < -0.39 is 0 Å². The molecule has 2 aromatic rings. The number of imidazole rings is 1. The highest BCUT2D eigenvalue weighted by Gasteiger charge is 2.07. The van der Waals surface area contributed by atoms with Crippen LogP contribution in [0, 0.1) is 0 Å². The summed E-state index contributed by atoms with van der Waals surface area (Å²) in [7, 11) is 0. The SMILES string of the molecule is CCn1c(CN)nc2ccc(N)cc21. The number of aryl methyl sites for hydroxylation is 1. The van der Waals surface area contributed by atoms with E-state index in [1.165, 1.54) is 0 Å². The lowest BCUT2D eigenvalue weighted by atomic mass is 10.3. The van der Waals surface area contributed by atoms with Gasteiger partial charge in [-0.05, 0) is 25.1 Å². The summed E-state index contributed by atoms with van der Waals surface area (Å²) in [5.41, 5.74) is 14.1. The second kappa shape index (κ2) is 3.31. The number of benzene rings is 1. The van der Waals surface area contributed by atoms with Crippen LogP contribution in [0.1, 0.15) is 12.7 Å². The van der Waals surface area contributed by atoms with Crippen molar-refractivity contribution in [2.45, 2.75) is 20.0 Å². The largest absolute Gasteiger partial charge is 0.399 e. The lowest BCUT2D eigenvalue weighted by molar-refractivity contribution is 0.718. The maximum atomic E-state index is 5.73. The van der Waals surface area contributed by atoms with Crippen molar-refractivity contribution in [2.24, 2.45) is 5.73 Å². The first kappa shape index (κ1) is 9.02. The molecule has 0 amide bonds. The Balaban J connectivity index is 2.74. The van der Waals surface area contributed by atoms with Crippen molar-refractivity contribution in [3.63, 3.8) is 0 Å². The summed E-state index contributed by atoms with van der Waals surface area (Å²) in [6.07, 6.45) is 0. The van der Waals surface area contributed by atoms with Gasteiger partial charge in [0, 0.05) is 12.2 Å². The Bertz CT molecular complexity index is 458. The van der Waals surface area contributed by atoms with Crippen LogP contribution < -0.4 is 11.5 Å². The summed E-state index contributed by atoms with van der Waals surface area (Å²) in [5.74, 6) is 0.910. The number of anilines is 1. The molecule has 0 atom stereocenters. The summed E-state index contributed by atoms with van der Waals surface area (Å²) < 4.78 is 2.09. The van der Waals surface area contributed by atoms with Crippen LogP contribution in [0.5, 0.6) is 0 Å². The Morgan fingerprint density at radius 3 is 2.86 bits per heavy atom. The van der Waals surface area contributed by atoms with E-state index in [0.29, 0.717) is 6.54 Å². The average molecular weight is 190 g/mol. The standard InChI is InChI=1S/C10H14N4/c1-2-14-9-5-7(12)3-4-8(9)13-10(14)6-11/h3-5H,2,6,11-12H2,1H3. The normalized spacial score (nSPS) is 11.0. The van der Waals surface area contributed by atoms with Gasteiger partial charge in [-0.3, -0.25) is 0 Å². The Kier molecular flexibility index (Phi) is 2.13. The second-order valence-electron chi connectivity index (χ2n) is 3.22. The minimum Gasteiger partial charge on any atom is -0.399 e. The molecule has 2 rings (SSSR count). The highest BCUT2D eigenvalue weighted by molar-refractivity contribution is 5.79. The second-order valence-corrected chi connectivity index (χ2v) is 3.22. The van der Waals surface area contributed by atoms with Gasteiger partial charge in [0.05, 0.1) is 17.6 Å². The van der Waals surface area contributed by atoms with Gasteiger partial charge in [-0.1, -0.05) is 0 Å². The van der Waals surface area contributed by atoms with Gasteiger partial charge in [-0.2, -0.15) is 0 Å². The first-order valence-electron chi connectivity index (χ1n) is 4.71. The molecule has 0 saturated carbocycles. The maximum Gasteiger partial charge on any atom is 0.123 e. The van der Waals surface area contributed by atoms with Crippen molar-refractivity contribution in [3.05, 3.63) is 24.0 Å². The fourth-order valence-electron chi connectivity index (χ4n) is 1.70. The van der Waals surface area contributed by atoms with Crippen LogP contribution in [0.15, 0.2) is 18.2 Å². The van der Waals surface area contributed by atoms with E-state index in [9.17, 15) is 0 Å². The van der Waals surface area contributed by atoms with Gasteiger partial charge in [-0.15, -0.1) is 0 Å². The number of hydrogen-bond acceptors (Lipinski definition) is 3. The summed E-state index contributed by atoms with van der Waals surface area (Å²) >= 11 is 0. The van der Waals surface area contributed by atoms with Crippen molar-refractivity contribution in [2.75, 3.05) is 5.73 Å². The summed E-state index contributed by atoms with van der Waals surface area (Å²) in [4.78, 5) is 4.43. The molecule has 0 aliphatic rings. The van der Waals surface area contributed by atoms with Gasteiger partial charge in [0.15, 0.2) is 0 Å². The number of nitrogens with zero attached hydrogens (tertiary/aromatic N) is 2. The molecule has 0 saturated heterocycles. The molecule has 0 radical (unpaired) electrons. The first-order valence-corrected chi connectivity index (χ1v) is 4.71. The van der Waals surface area contributed by atoms with E-state index in [4.69, 9.17) is 11.5 Å². The molecule has 4 heteroatoms. The Hall–Kier alpha value is -1.55. The van der Waals surface area contributed by atoms with E-state index in [1.807, 2.05) is 18.2 Å². The Morgan fingerprint density at radius 2 is 2.21 bits per heavy atom. The number of nitrogens with two attached hydrogens (primary N) is 2. The van der Waals surface area contributed by atoms with E-state index in [2.05, 4.69) is 16.5 Å². The molecule has 0 aliphatic carbocycles. The minimum atomic E-state index is 0.461. The Morgan fingerprint density at radius 1 is 1.43 bits per heavy atom. The topological polar surface area (TPSA) is 69.9 Å². The Labute approximate surface area is 82.5 Å². The van der Waals surface area contributed by atoms with Gasteiger partial charge < -0.3 is 16.0 Å². The quantitative estimate of drug-likeness (QED) is 0.696. The van der Waals surface area contributed by atoms with Gasteiger partial charge in [0.2, 0.25) is 0 Å². The molecule has 14 heavy (non-hydrogen) atoms. The lowest BCUT2D eigenvalue weighted by Crippen LogP contribution is -2.06. The average Bonchev–Trinajstić information content (AvgIpc) is 2.54. The van der Waals surface area contributed by atoms with Crippen LogP contribution in [0.4, 0.5) is 5.69 Å². The van der Waals surface area contributed by atoms with E-state index in [1.54, 1.807) is 0 Å². The fraction of sp³-hybridized carbons (Fsp3) is 0.300. The minimum absolute atomic E-state index is 0.461. The van der Waals surface area contributed by atoms with Gasteiger partial charge in [0.1, 0.15) is 5.82 Å². The summed E-state index contributed by atoms with van der Waals surface area (Å²) in [6, 6.07) is 5.72. The van der Waals surface area contributed by atoms with Crippen LogP contribution in [0.2, 0.25) is 0 Å². The third-order valence-corrected chi connectivity index (χ3v) is 2.35. The van der Waals surface area contributed by atoms with Gasteiger partial charge >= 0.3 is 0 Å². The van der Waals surface area contributed by atoms with Crippen molar-refractivity contribution >= 4 is 16.7 Å². The molecule has 0 unspecified atom stereocenters. The zero-order chi connectivity index (χ0) is 10.1. The monoisotopic (exact) mass is 190 g/mol. The molecule has 4 N–H and O–H groups in total. The molecule has 1 aromatic carbocycles. The molecule has 0 bridgehead atoms. The molecular weight excluding hydrogens is 176 g/mol. The number of hydrogen-bond donors (Lipinski definition) is 2. The molecule has 4 nitrogen and oxygen atoms in total. The highest BCUT2D eigenvalue weighted by atomic mass is 15.1. The van der Waals surface area contributed by atoms with Crippen LogP contribution in [-0.2, 0) is 13.1 Å². The summed E-state index contributed by atoms with van der Waals surface area (Å²) in [5, 5.41) is 0. The third-order valence-electron chi connectivity index (χ3n) is 2.35.